The summed E-state index contributed by atoms with van der Waals surface area (Å²) in [5.41, 5.74) is 14.3. The molecule has 1 aliphatic rings. The van der Waals surface area contributed by atoms with Gasteiger partial charge in [-0.2, -0.15) is 0 Å². The van der Waals surface area contributed by atoms with Crippen LogP contribution in [0.4, 0.5) is 0 Å². The van der Waals surface area contributed by atoms with Gasteiger partial charge in [0.25, 0.3) is 0 Å². The van der Waals surface area contributed by atoms with Crippen LogP contribution in [0.2, 0.25) is 0 Å². The number of rotatable bonds is 9. The van der Waals surface area contributed by atoms with Crippen LogP contribution in [0.1, 0.15) is 88.0 Å². The lowest BCUT2D eigenvalue weighted by atomic mass is 9.61. The van der Waals surface area contributed by atoms with Gasteiger partial charge in [-0.15, -0.1) is 0 Å². The van der Waals surface area contributed by atoms with E-state index in [4.69, 9.17) is 11.5 Å². The van der Waals surface area contributed by atoms with Gasteiger partial charge in [0, 0.05) is 29.0 Å². The zero-order chi connectivity index (χ0) is 20.4. The van der Waals surface area contributed by atoms with Gasteiger partial charge in [-0.3, -0.25) is 0 Å². The van der Waals surface area contributed by atoms with Crippen molar-refractivity contribution in [3.8, 4) is 0 Å². The van der Waals surface area contributed by atoms with Crippen molar-refractivity contribution in [3.05, 3.63) is 0 Å². The minimum Gasteiger partial charge on any atom is -0.327 e. The molecule has 5 unspecified atom stereocenters. The zero-order valence-electron chi connectivity index (χ0n) is 18.9. The fraction of sp³-hybridized carbons (Fsp3) is 1.00. The highest BCUT2D eigenvalue weighted by Crippen LogP contribution is 2.59. The van der Waals surface area contributed by atoms with E-state index < -0.39 is 0 Å². The smallest absolute Gasteiger partial charge is 0.0114 e. The highest BCUT2D eigenvalue weighted by molar-refractivity contribution is 8.76. The molecule has 0 aromatic heterocycles. The van der Waals surface area contributed by atoms with Gasteiger partial charge in [-0.25, -0.2) is 0 Å². The highest BCUT2D eigenvalue weighted by atomic mass is 33.1. The second-order valence-corrected chi connectivity index (χ2v) is 12.7. The molecule has 1 saturated carbocycles. The zero-order valence-corrected chi connectivity index (χ0v) is 20.6. The van der Waals surface area contributed by atoms with Crippen LogP contribution in [0.5, 0.6) is 0 Å². The van der Waals surface area contributed by atoms with Crippen molar-refractivity contribution in [2.45, 2.75) is 100 Å². The van der Waals surface area contributed by atoms with Crippen molar-refractivity contribution in [1.82, 2.24) is 0 Å². The van der Waals surface area contributed by atoms with Crippen LogP contribution in [-0.2, 0) is 0 Å². The predicted molar refractivity (Wildman–Crippen MR) is 124 cm³/mol. The third-order valence-electron chi connectivity index (χ3n) is 8.45. The Balaban J connectivity index is 2.85. The quantitative estimate of drug-likeness (QED) is 0.349. The minimum atomic E-state index is 0.180. The van der Waals surface area contributed by atoms with Crippen LogP contribution >= 0.6 is 21.6 Å². The first kappa shape index (κ1) is 24.7. The lowest BCUT2D eigenvalue weighted by molar-refractivity contribution is 0.0734. The van der Waals surface area contributed by atoms with Crippen LogP contribution in [0, 0.1) is 27.6 Å². The average molecular weight is 403 g/mol. The van der Waals surface area contributed by atoms with E-state index in [1.54, 1.807) is 0 Å². The van der Waals surface area contributed by atoms with Gasteiger partial charge in [0.15, 0.2) is 0 Å². The van der Waals surface area contributed by atoms with Gasteiger partial charge < -0.3 is 11.5 Å². The summed E-state index contributed by atoms with van der Waals surface area (Å²) in [5.74, 6) is 2.97. The molecule has 0 aromatic carbocycles. The van der Waals surface area contributed by atoms with E-state index >= 15 is 0 Å². The molecule has 0 aromatic rings. The van der Waals surface area contributed by atoms with E-state index in [1.165, 1.54) is 6.42 Å². The lowest BCUT2D eigenvalue weighted by Gasteiger charge is -2.49. The Kier molecular flexibility index (Phi) is 8.50. The van der Waals surface area contributed by atoms with E-state index in [-0.39, 0.29) is 22.3 Å². The third-order valence-corrected chi connectivity index (χ3v) is 11.1. The second kappa shape index (κ2) is 8.97. The van der Waals surface area contributed by atoms with Crippen molar-refractivity contribution in [2.75, 3.05) is 11.5 Å². The highest BCUT2D eigenvalue weighted by Gasteiger charge is 2.56. The predicted octanol–water partition coefficient (Wildman–Crippen LogP) is 6.34. The molecule has 0 heterocycles. The summed E-state index contributed by atoms with van der Waals surface area (Å²) in [6.45, 7) is 21.2. The Morgan fingerprint density at radius 1 is 1.12 bits per heavy atom. The van der Waals surface area contributed by atoms with E-state index in [0.717, 1.165) is 30.8 Å². The molecule has 5 atom stereocenters. The Bertz CT molecular complexity index is 432. The normalized spacial score (nSPS) is 32.4. The molecule has 2 nitrogen and oxygen atoms in total. The molecule has 4 heteroatoms. The molecule has 0 saturated heterocycles. The maximum absolute atomic E-state index is 6.68. The van der Waals surface area contributed by atoms with Crippen LogP contribution in [0.25, 0.3) is 0 Å². The van der Waals surface area contributed by atoms with Crippen molar-refractivity contribution < 1.29 is 0 Å². The van der Waals surface area contributed by atoms with Gasteiger partial charge in [0.2, 0.25) is 0 Å². The number of hydrogen-bond donors (Lipinski definition) is 2. The summed E-state index contributed by atoms with van der Waals surface area (Å²) in [5, 5.41) is 0. The van der Waals surface area contributed by atoms with E-state index in [0.29, 0.717) is 17.4 Å². The van der Waals surface area contributed by atoms with Crippen LogP contribution in [0.3, 0.4) is 0 Å². The minimum absolute atomic E-state index is 0.180. The second-order valence-electron chi connectivity index (χ2n) is 10.3. The first-order valence-electron chi connectivity index (χ1n) is 10.6. The van der Waals surface area contributed by atoms with Crippen LogP contribution in [-0.4, -0.2) is 23.6 Å². The molecular formula is C22H46N2S2. The molecule has 156 valence electrons. The van der Waals surface area contributed by atoms with Gasteiger partial charge in [0.05, 0.1) is 0 Å². The first-order valence-corrected chi connectivity index (χ1v) is 13.1. The van der Waals surface area contributed by atoms with Crippen LogP contribution < -0.4 is 11.5 Å². The van der Waals surface area contributed by atoms with E-state index in [9.17, 15) is 0 Å². The molecule has 0 radical (unpaired) electrons. The molecule has 26 heavy (non-hydrogen) atoms. The number of nitrogens with two attached hydrogens (primary N) is 2. The fourth-order valence-electron chi connectivity index (χ4n) is 5.44. The summed E-state index contributed by atoms with van der Waals surface area (Å²) in [6, 6.07) is 0.577. The summed E-state index contributed by atoms with van der Waals surface area (Å²) >= 11 is 0. The molecule has 0 spiro atoms. The van der Waals surface area contributed by atoms with E-state index in [1.807, 2.05) is 21.6 Å². The van der Waals surface area contributed by atoms with E-state index in [2.05, 4.69) is 62.3 Å². The monoisotopic (exact) mass is 402 g/mol. The fourth-order valence-corrected chi connectivity index (χ4v) is 9.43. The maximum Gasteiger partial charge on any atom is 0.0114 e. The largest absolute Gasteiger partial charge is 0.327 e. The average Bonchev–Trinajstić information content (AvgIpc) is 2.72. The number of hydrogen-bond acceptors (Lipinski definition) is 4. The molecule has 0 amide bonds. The summed E-state index contributed by atoms with van der Waals surface area (Å²) in [7, 11) is 4.09. The molecule has 1 aliphatic carbocycles. The van der Waals surface area contributed by atoms with Gasteiger partial charge in [-0.1, -0.05) is 83.9 Å². The Morgan fingerprint density at radius 3 is 2.04 bits per heavy atom. The molecule has 1 rings (SSSR count). The Morgan fingerprint density at radius 2 is 1.69 bits per heavy atom. The van der Waals surface area contributed by atoms with Crippen LogP contribution in [0.15, 0.2) is 0 Å². The summed E-state index contributed by atoms with van der Waals surface area (Å²) in [4.78, 5) is 0. The standard InChI is InChI=1S/C22H46N2S2/c1-10-17(23)21(11-2,19(5,6)7)14-25-26-15-22(12-3)18(24)13-16(4)20(22,8)9/h16-18H,10-15,23-24H2,1-9H3. The Hall–Kier alpha value is 0.620. The van der Waals surface area contributed by atoms with Gasteiger partial charge in [-0.05, 0) is 47.8 Å². The van der Waals surface area contributed by atoms with Crippen molar-refractivity contribution in [1.29, 1.82) is 0 Å². The third kappa shape index (κ3) is 4.14. The molecule has 4 N–H and O–H groups in total. The Labute approximate surface area is 172 Å². The first-order chi connectivity index (χ1) is 11.9. The molecule has 1 fully saturated rings. The topological polar surface area (TPSA) is 52.0 Å². The van der Waals surface area contributed by atoms with Crippen molar-refractivity contribution >= 4 is 21.6 Å². The molecular weight excluding hydrogens is 356 g/mol. The summed E-state index contributed by atoms with van der Waals surface area (Å²) in [6.07, 6.45) is 4.52. The van der Waals surface area contributed by atoms with Gasteiger partial charge >= 0.3 is 0 Å². The SMILES string of the molecule is CCC(N)C(CC)(CSSCC1(CC)C(N)CC(C)C1(C)C)C(C)(C)C. The lowest BCUT2D eigenvalue weighted by Crippen LogP contribution is -2.51. The maximum atomic E-state index is 6.68. The van der Waals surface area contributed by atoms with Crippen molar-refractivity contribution in [3.63, 3.8) is 0 Å². The van der Waals surface area contributed by atoms with Crippen molar-refractivity contribution in [2.24, 2.45) is 39.0 Å². The molecule has 0 bridgehead atoms. The summed E-state index contributed by atoms with van der Waals surface area (Å²) < 4.78 is 0. The molecule has 0 aliphatic heterocycles. The van der Waals surface area contributed by atoms with Gasteiger partial charge in [0.1, 0.15) is 0 Å².